The Bertz CT molecular complexity index is 1190. The molecular formula is C24H30F4N2O10. The van der Waals surface area contributed by atoms with Crippen LogP contribution in [0.3, 0.4) is 0 Å². The minimum atomic E-state index is -5.00. The molecule has 0 amide bonds. The standard InChI is InChI=1S/C24H30F4N2O10/c1-5-37-22(34)38-10-16-17(31)18(32)20(33)24(35,39-16)40-21-13(8-12-6-7-15(36-4)14(25)9-12)19(23(26,27)28)30(29-21)11(2)3/h6-7,9,11,16-18,20,31-33,35H,5,8,10H2,1-4H3/t16-,17-,18+,20-,24-/m1/s1. The van der Waals surface area contributed by atoms with E-state index >= 15 is 0 Å². The van der Waals surface area contributed by atoms with Crippen LogP contribution in [0.25, 0.3) is 0 Å². The fourth-order valence-electron chi connectivity index (χ4n) is 4.03. The molecule has 1 aliphatic heterocycles. The Morgan fingerprint density at radius 2 is 1.88 bits per heavy atom. The van der Waals surface area contributed by atoms with Crippen molar-refractivity contribution in [3.63, 3.8) is 0 Å². The molecule has 224 valence electrons. The van der Waals surface area contributed by atoms with Crippen LogP contribution in [0, 0.1) is 5.82 Å². The van der Waals surface area contributed by atoms with Crippen LogP contribution >= 0.6 is 0 Å². The van der Waals surface area contributed by atoms with Crippen LogP contribution in [0.5, 0.6) is 11.6 Å². The van der Waals surface area contributed by atoms with Gasteiger partial charge in [-0.2, -0.15) is 13.2 Å². The summed E-state index contributed by atoms with van der Waals surface area (Å²) in [5, 5.41) is 45.9. The number of hydrogen-bond acceptors (Lipinski definition) is 11. The highest BCUT2D eigenvalue weighted by Gasteiger charge is 2.56. The molecule has 0 bridgehead atoms. The fourth-order valence-corrected chi connectivity index (χ4v) is 4.03. The summed E-state index contributed by atoms with van der Waals surface area (Å²) >= 11 is 0. The molecule has 0 aliphatic carbocycles. The van der Waals surface area contributed by atoms with E-state index < -0.39 is 84.7 Å². The van der Waals surface area contributed by atoms with Crippen molar-refractivity contribution in [1.82, 2.24) is 9.78 Å². The summed E-state index contributed by atoms with van der Waals surface area (Å²) in [6.07, 6.45) is -15.0. The lowest BCUT2D eigenvalue weighted by molar-refractivity contribution is -0.423. The molecule has 1 aliphatic rings. The fraction of sp³-hybridized carbons (Fsp3) is 0.583. The molecule has 1 aromatic carbocycles. The van der Waals surface area contributed by atoms with E-state index in [1.807, 2.05) is 0 Å². The van der Waals surface area contributed by atoms with E-state index in [4.69, 9.17) is 18.9 Å². The van der Waals surface area contributed by atoms with Gasteiger partial charge in [0.1, 0.15) is 30.6 Å². The van der Waals surface area contributed by atoms with Crippen LogP contribution < -0.4 is 9.47 Å². The maximum atomic E-state index is 14.3. The number of alkyl halides is 3. The Hall–Kier alpha value is -3.18. The number of methoxy groups -OCH3 is 1. The summed E-state index contributed by atoms with van der Waals surface area (Å²) in [5.41, 5.74) is -1.90. The molecular weight excluding hydrogens is 552 g/mol. The highest BCUT2D eigenvalue weighted by molar-refractivity contribution is 5.59. The Balaban J connectivity index is 2.04. The molecule has 2 heterocycles. The number of benzene rings is 1. The average Bonchev–Trinajstić information content (AvgIpc) is 3.23. The van der Waals surface area contributed by atoms with E-state index in [-0.39, 0.29) is 17.9 Å². The van der Waals surface area contributed by atoms with Crippen molar-refractivity contribution in [2.75, 3.05) is 20.3 Å². The second kappa shape index (κ2) is 12.1. The predicted molar refractivity (Wildman–Crippen MR) is 125 cm³/mol. The number of aliphatic hydroxyl groups excluding tert-OH is 3. The number of hydrogen-bond donors (Lipinski definition) is 4. The Morgan fingerprint density at radius 3 is 2.42 bits per heavy atom. The van der Waals surface area contributed by atoms with E-state index in [0.29, 0.717) is 4.68 Å². The average molecular weight is 583 g/mol. The van der Waals surface area contributed by atoms with Gasteiger partial charge in [-0.25, -0.2) is 9.18 Å². The van der Waals surface area contributed by atoms with E-state index in [1.165, 1.54) is 40.0 Å². The van der Waals surface area contributed by atoms with Gasteiger partial charge >= 0.3 is 18.3 Å². The molecule has 1 aromatic heterocycles. The van der Waals surface area contributed by atoms with Crippen LogP contribution in [-0.4, -0.2) is 87.1 Å². The van der Waals surface area contributed by atoms with Crippen LogP contribution in [0.4, 0.5) is 22.4 Å². The second-order valence-corrected chi connectivity index (χ2v) is 9.12. The van der Waals surface area contributed by atoms with Crippen molar-refractivity contribution in [1.29, 1.82) is 0 Å². The molecule has 0 spiro atoms. The van der Waals surface area contributed by atoms with Crippen molar-refractivity contribution in [3.8, 4) is 11.6 Å². The molecule has 1 saturated heterocycles. The first-order valence-electron chi connectivity index (χ1n) is 12.1. The Kier molecular flexibility index (Phi) is 9.51. The first-order chi connectivity index (χ1) is 18.6. The number of aliphatic hydroxyl groups is 4. The largest absolute Gasteiger partial charge is 0.508 e. The number of carbonyl (C=O) groups excluding carboxylic acids is 1. The molecule has 0 radical (unpaired) electrons. The molecule has 2 aromatic rings. The lowest BCUT2D eigenvalue weighted by Crippen LogP contribution is -2.67. The lowest BCUT2D eigenvalue weighted by atomic mass is 9.97. The van der Waals surface area contributed by atoms with Crippen molar-refractivity contribution in [3.05, 3.63) is 40.8 Å². The smallest absolute Gasteiger partial charge is 0.494 e. The number of halogens is 4. The van der Waals surface area contributed by atoms with Gasteiger partial charge in [0.05, 0.1) is 19.3 Å². The first kappa shape index (κ1) is 31.3. The Labute approximate surface area is 225 Å². The SMILES string of the molecule is CCOC(=O)OC[C@H]1O[C@@](O)(Oc2nn(C(C)C)c(C(F)(F)F)c2Cc2ccc(OC)c(F)c2)[C@H](O)[C@@H](O)[C@@H]1O. The highest BCUT2D eigenvalue weighted by Crippen LogP contribution is 2.41. The van der Waals surface area contributed by atoms with Crippen molar-refractivity contribution >= 4 is 6.16 Å². The van der Waals surface area contributed by atoms with Gasteiger partial charge in [0.25, 0.3) is 0 Å². The summed E-state index contributed by atoms with van der Waals surface area (Å²) in [7, 11) is 1.21. The third kappa shape index (κ3) is 6.58. The molecule has 0 unspecified atom stereocenters. The van der Waals surface area contributed by atoms with E-state index in [1.54, 1.807) is 0 Å². The molecule has 0 saturated carbocycles. The minimum absolute atomic E-state index is 0.0465. The predicted octanol–water partition coefficient (Wildman–Crippen LogP) is 1.90. The van der Waals surface area contributed by atoms with Gasteiger partial charge in [0.2, 0.25) is 5.88 Å². The van der Waals surface area contributed by atoms with Crippen molar-refractivity contribution < 1.29 is 66.5 Å². The summed E-state index contributed by atoms with van der Waals surface area (Å²) in [6.45, 7) is 3.42. The Morgan fingerprint density at radius 1 is 1.20 bits per heavy atom. The van der Waals surface area contributed by atoms with E-state index in [0.717, 1.165) is 6.07 Å². The molecule has 1 fully saturated rings. The zero-order valence-electron chi connectivity index (χ0n) is 21.9. The zero-order chi connectivity index (χ0) is 30.0. The third-order valence-electron chi connectivity index (χ3n) is 5.95. The normalized spacial score (nSPS) is 25.1. The van der Waals surface area contributed by atoms with E-state index in [2.05, 4.69) is 9.84 Å². The quantitative estimate of drug-likeness (QED) is 0.194. The third-order valence-corrected chi connectivity index (χ3v) is 5.95. The highest BCUT2D eigenvalue weighted by atomic mass is 19.4. The molecule has 5 atom stereocenters. The van der Waals surface area contributed by atoms with Gasteiger partial charge in [-0.1, -0.05) is 6.07 Å². The van der Waals surface area contributed by atoms with E-state index in [9.17, 15) is 42.8 Å². The summed E-state index contributed by atoms with van der Waals surface area (Å²) in [4.78, 5) is 11.5. The monoisotopic (exact) mass is 582 g/mol. The summed E-state index contributed by atoms with van der Waals surface area (Å²) in [6, 6.07) is 2.57. The van der Waals surface area contributed by atoms with Crippen LogP contribution in [0.2, 0.25) is 0 Å². The number of ether oxygens (including phenoxy) is 5. The zero-order valence-corrected chi connectivity index (χ0v) is 21.9. The summed E-state index contributed by atoms with van der Waals surface area (Å²) in [5.74, 6) is -5.14. The summed E-state index contributed by atoms with van der Waals surface area (Å²) < 4.78 is 82.3. The van der Waals surface area contributed by atoms with Gasteiger partial charge < -0.3 is 44.1 Å². The maximum absolute atomic E-state index is 14.3. The number of carbonyl (C=O) groups is 1. The van der Waals surface area contributed by atoms with Crippen molar-refractivity contribution in [2.24, 2.45) is 0 Å². The second-order valence-electron chi connectivity index (χ2n) is 9.12. The van der Waals surface area contributed by atoms with Crippen LogP contribution in [-0.2, 0) is 26.8 Å². The molecule has 40 heavy (non-hydrogen) atoms. The minimum Gasteiger partial charge on any atom is -0.494 e. The molecule has 12 nitrogen and oxygen atoms in total. The molecule has 4 N–H and O–H groups in total. The van der Waals surface area contributed by atoms with Gasteiger partial charge in [-0.05, 0) is 38.5 Å². The molecule has 16 heteroatoms. The maximum Gasteiger partial charge on any atom is 0.508 e. The van der Waals surface area contributed by atoms with Gasteiger partial charge in [-0.3, -0.25) is 4.68 Å². The van der Waals surface area contributed by atoms with Crippen LogP contribution in [0.1, 0.15) is 43.6 Å². The number of rotatable bonds is 9. The van der Waals surface area contributed by atoms with Gasteiger partial charge in [0, 0.05) is 12.5 Å². The first-order valence-corrected chi connectivity index (χ1v) is 12.1. The lowest BCUT2D eigenvalue weighted by Gasteiger charge is -2.44. The molecule has 3 rings (SSSR count). The van der Waals surface area contributed by atoms with Crippen molar-refractivity contribution in [2.45, 2.75) is 69.8 Å². The number of aromatic nitrogens is 2. The van der Waals surface area contributed by atoms with Crippen LogP contribution in [0.15, 0.2) is 18.2 Å². The van der Waals surface area contributed by atoms with Gasteiger partial charge in [0.15, 0.2) is 17.7 Å². The topological polar surface area (TPSA) is 162 Å². The van der Waals surface area contributed by atoms with Gasteiger partial charge in [-0.15, -0.1) is 5.10 Å². The number of nitrogens with zero attached hydrogens (tertiary/aromatic N) is 2.